The van der Waals surface area contributed by atoms with Gasteiger partial charge in [0.15, 0.2) is 5.75 Å². The molecular weight excluding hydrogens is 499 g/mol. The average molecular weight is 525 g/mol. The minimum absolute atomic E-state index is 0.145. The minimum atomic E-state index is -0.613. The molecule has 1 aliphatic rings. The molecule has 0 bridgehead atoms. The lowest BCUT2D eigenvalue weighted by Crippen LogP contribution is -2.40. The number of nitrogens with one attached hydrogen (secondary N) is 1. The molecule has 0 fully saturated rings. The van der Waals surface area contributed by atoms with Gasteiger partial charge in [0, 0.05) is 30.3 Å². The maximum absolute atomic E-state index is 13.6. The number of benzene rings is 2. The monoisotopic (exact) mass is 524 g/mol. The summed E-state index contributed by atoms with van der Waals surface area (Å²) in [4.78, 5) is 23.6. The highest BCUT2D eigenvalue weighted by molar-refractivity contribution is 9.10. The van der Waals surface area contributed by atoms with Crippen LogP contribution >= 0.6 is 15.9 Å². The molecule has 0 saturated carbocycles. The number of nitrogens with zero attached hydrogens (tertiary/aromatic N) is 3. The fourth-order valence-corrected chi connectivity index (χ4v) is 4.22. The molecule has 0 atom stereocenters. The van der Waals surface area contributed by atoms with Crippen molar-refractivity contribution in [3.05, 3.63) is 86.9 Å². The van der Waals surface area contributed by atoms with E-state index in [1.807, 2.05) is 37.3 Å². The van der Waals surface area contributed by atoms with E-state index in [0.717, 1.165) is 33.9 Å². The van der Waals surface area contributed by atoms with Crippen LogP contribution in [0.25, 0.3) is 6.08 Å². The second kappa shape index (κ2) is 11.4. The van der Waals surface area contributed by atoms with Gasteiger partial charge in [0.25, 0.3) is 11.9 Å². The summed E-state index contributed by atoms with van der Waals surface area (Å²) in [7, 11) is 0. The Bertz CT molecular complexity index is 1300. The van der Waals surface area contributed by atoms with Crippen molar-refractivity contribution < 1.29 is 13.9 Å². The standard InChI is InChI=1S/C26H26BrFN4O2/c1-2-32(15-16-34-23-7-4-12-29-25(23)28)14-13-30-26(33)21-6-3-5-18-8-9-19-17-20(27)10-11-22(19)31-24(18)21/h3-8,10-12,17H,2,9,13-16H2,1H3,(H,30,33). The Morgan fingerprint density at radius 1 is 1.21 bits per heavy atom. The topological polar surface area (TPSA) is 66.8 Å². The first-order chi connectivity index (χ1) is 16.5. The first-order valence-corrected chi connectivity index (χ1v) is 12.0. The normalized spacial score (nSPS) is 12.1. The van der Waals surface area contributed by atoms with E-state index in [1.165, 1.54) is 6.20 Å². The molecule has 34 heavy (non-hydrogen) atoms. The lowest BCUT2D eigenvalue weighted by atomic mass is 10.1. The van der Waals surface area contributed by atoms with Crippen LogP contribution in [0.4, 0.5) is 10.1 Å². The SMILES string of the molecule is CCN(CCNC(=O)c1cccc2c1=Nc1ccc(Br)cc1CC=2)CCOc1cccnc1F. The number of pyridine rings is 1. The highest BCUT2D eigenvalue weighted by Gasteiger charge is 2.13. The second-order valence-electron chi connectivity index (χ2n) is 7.87. The Morgan fingerprint density at radius 3 is 2.91 bits per heavy atom. The van der Waals surface area contributed by atoms with Crippen LogP contribution in [-0.4, -0.2) is 48.6 Å². The van der Waals surface area contributed by atoms with Crippen LogP contribution in [0.2, 0.25) is 0 Å². The van der Waals surface area contributed by atoms with Gasteiger partial charge in [-0.2, -0.15) is 4.39 Å². The molecule has 0 unspecified atom stereocenters. The van der Waals surface area contributed by atoms with E-state index in [4.69, 9.17) is 9.73 Å². The molecule has 176 valence electrons. The van der Waals surface area contributed by atoms with Gasteiger partial charge in [-0.05, 0) is 60.1 Å². The predicted octanol–water partition coefficient (Wildman–Crippen LogP) is 3.40. The zero-order chi connectivity index (χ0) is 23.9. The van der Waals surface area contributed by atoms with E-state index in [9.17, 15) is 9.18 Å². The third-order valence-corrected chi connectivity index (χ3v) is 6.17. The third-order valence-electron chi connectivity index (χ3n) is 5.68. The van der Waals surface area contributed by atoms with Gasteiger partial charge < -0.3 is 10.1 Å². The number of hydrogen-bond acceptors (Lipinski definition) is 5. The predicted molar refractivity (Wildman–Crippen MR) is 133 cm³/mol. The number of likely N-dealkylation sites (N-methyl/N-ethyl adjacent to an activating group) is 1. The summed E-state index contributed by atoms with van der Waals surface area (Å²) in [5.74, 6) is -0.622. The van der Waals surface area contributed by atoms with Gasteiger partial charge in [-0.25, -0.2) is 9.98 Å². The van der Waals surface area contributed by atoms with Gasteiger partial charge in [0.05, 0.1) is 16.6 Å². The average Bonchev–Trinajstić information content (AvgIpc) is 3.03. The first kappa shape index (κ1) is 24.0. The molecule has 0 spiro atoms. The quantitative estimate of drug-likeness (QED) is 0.435. The number of halogens is 2. The highest BCUT2D eigenvalue weighted by atomic mass is 79.9. The van der Waals surface area contributed by atoms with Crippen LogP contribution in [0.15, 0.2) is 64.2 Å². The van der Waals surface area contributed by atoms with E-state index in [2.05, 4.69) is 43.3 Å². The van der Waals surface area contributed by atoms with Crippen molar-refractivity contribution in [3.63, 3.8) is 0 Å². The molecule has 3 aromatic rings. The summed E-state index contributed by atoms with van der Waals surface area (Å²) in [6, 6.07) is 14.9. The molecule has 0 saturated heterocycles. The number of ether oxygens (including phenoxy) is 1. The fraction of sp³-hybridized carbons (Fsp3) is 0.269. The molecule has 6 nitrogen and oxygen atoms in total. The van der Waals surface area contributed by atoms with E-state index < -0.39 is 5.95 Å². The lowest BCUT2D eigenvalue weighted by molar-refractivity contribution is 0.0946. The van der Waals surface area contributed by atoms with Crippen molar-refractivity contribution in [1.82, 2.24) is 15.2 Å². The Hall–Kier alpha value is -3.10. The van der Waals surface area contributed by atoms with Gasteiger partial charge in [0.1, 0.15) is 6.61 Å². The first-order valence-electron chi connectivity index (χ1n) is 11.3. The van der Waals surface area contributed by atoms with Gasteiger partial charge in [-0.1, -0.05) is 41.1 Å². The van der Waals surface area contributed by atoms with Crippen molar-refractivity contribution in [2.24, 2.45) is 4.99 Å². The largest absolute Gasteiger partial charge is 0.487 e. The molecule has 0 radical (unpaired) electrons. The molecule has 1 N–H and O–H groups in total. The number of amides is 1. The second-order valence-corrected chi connectivity index (χ2v) is 8.78. The Balaban J connectivity index is 1.37. The van der Waals surface area contributed by atoms with Crippen LogP contribution < -0.4 is 20.6 Å². The van der Waals surface area contributed by atoms with Gasteiger partial charge in [0.2, 0.25) is 0 Å². The van der Waals surface area contributed by atoms with E-state index in [-0.39, 0.29) is 11.7 Å². The van der Waals surface area contributed by atoms with Crippen LogP contribution in [0.3, 0.4) is 0 Å². The lowest BCUT2D eigenvalue weighted by Gasteiger charge is -2.20. The zero-order valence-corrected chi connectivity index (χ0v) is 20.5. The van der Waals surface area contributed by atoms with Crippen LogP contribution in [-0.2, 0) is 6.42 Å². The Labute approximate surface area is 206 Å². The molecular formula is C26H26BrFN4O2. The van der Waals surface area contributed by atoms with Crippen molar-refractivity contribution in [2.75, 3.05) is 32.8 Å². The summed E-state index contributed by atoms with van der Waals surface area (Å²) >= 11 is 3.51. The molecule has 1 aliphatic heterocycles. The number of hydrogen-bond donors (Lipinski definition) is 1. The molecule has 1 amide bonds. The number of fused-ring (bicyclic) bond motifs is 2. The summed E-state index contributed by atoms with van der Waals surface area (Å²) in [6.07, 6.45) is 4.25. The molecule has 0 aliphatic carbocycles. The Kier molecular flexibility index (Phi) is 8.03. The van der Waals surface area contributed by atoms with Crippen molar-refractivity contribution >= 4 is 33.6 Å². The number of carbonyl (C=O) groups is 1. The zero-order valence-electron chi connectivity index (χ0n) is 18.9. The smallest absolute Gasteiger partial charge is 0.255 e. The van der Waals surface area contributed by atoms with Gasteiger partial charge >= 0.3 is 0 Å². The number of carbonyl (C=O) groups excluding carboxylic acids is 1. The van der Waals surface area contributed by atoms with Crippen molar-refractivity contribution in [3.8, 4) is 5.75 Å². The fourth-order valence-electron chi connectivity index (χ4n) is 3.82. The molecule has 1 aromatic heterocycles. The molecule has 8 heteroatoms. The maximum atomic E-state index is 13.6. The number of aromatic nitrogens is 1. The van der Waals surface area contributed by atoms with E-state index in [1.54, 1.807) is 12.1 Å². The highest BCUT2D eigenvalue weighted by Crippen LogP contribution is 2.24. The molecule has 4 rings (SSSR count). The summed E-state index contributed by atoms with van der Waals surface area (Å²) < 4.78 is 20.1. The van der Waals surface area contributed by atoms with Crippen LogP contribution in [0.1, 0.15) is 22.8 Å². The molecule has 2 heterocycles. The van der Waals surface area contributed by atoms with E-state index in [0.29, 0.717) is 37.2 Å². The summed E-state index contributed by atoms with van der Waals surface area (Å²) in [5, 5.41) is 4.66. The summed E-state index contributed by atoms with van der Waals surface area (Å²) in [6.45, 7) is 4.89. The van der Waals surface area contributed by atoms with Crippen LogP contribution in [0, 0.1) is 5.95 Å². The van der Waals surface area contributed by atoms with Crippen LogP contribution in [0.5, 0.6) is 5.75 Å². The Morgan fingerprint density at radius 2 is 2.09 bits per heavy atom. The van der Waals surface area contributed by atoms with Gasteiger partial charge in [-0.15, -0.1) is 0 Å². The number of rotatable bonds is 9. The summed E-state index contributed by atoms with van der Waals surface area (Å²) in [5.41, 5.74) is 2.55. The van der Waals surface area contributed by atoms with Gasteiger partial charge in [-0.3, -0.25) is 9.69 Å². The minimum Gasteiger partial charge on any atom is -0.487 e. The third kappa shape index (κ3) is 5.87. The van der Waals surface area contributed by atoms with E-state index >= 15 is 0 Å². The molecule has 2 aromatic carbocycles. The van der Waals surface area contributed by atoms with Crippen molar-refractivity contribution in [1.29, 1.82) is 0 Å². The number of para-hydroxylation sites is 1. The van der Waals surface area contributed by atoms with Crippen molar-refractivity contribution in [2.45, 2.75) is 13.3 Å². The maximum Gasteiger partial charge on any atom is 0.255 e.